The first-order valence-corrected chi connectivity index (χ1v) is 10.5. The Hall–Kier alpha value is -2.47. The molecule has 0 bridgehead atoms. The molecule has 0 radical (unpaired) electrons. The molecule has 2 aromatic carbocycles. The second-order valence-electron chi connectivity index (χ2n) is 7.20. The number of amides is 2. The predicted octanol–water partition coefficient (Wildman–Crippen LogP) is 4.47. The fourth-order valence-electron chi connectivity index (χ4n) is 3.23. The molecule has 6 heteroatoms. The Balaban J connectivity index is 1.80. The first-order valence-electron chi connectivity index (χ1n) is 9.43. The molecule has 0 aromatic heterocycles. The summed E-state index contributed by atoms with van der Waals surface area (Å²) in [5, 5.41) is 2.59. The van der Waals surface area contributed by atoms with Gasteiger partial charge in [-0.3, -0.25) is 14.5 Å². The summed E-state index contributed by atoms with van der Waals surface area (Å²) in [6.07, 6.45) is 0. The largest absolute Gasteiger partial charge is 0.494 e. The molecule has 1 heterocycles. The normalized spacial score (nSPS) is 16.1. The minimum Gasteiger partial charge on any atom is -0.494 e. The summed E-state index contributed by atoms with van der Waals surface area (Å²) in [7, 11) is 0. The van der Waals surface area contributed by atoms with Crippen molar-refractivity contribution in [1.82, 2.24) is 0 Å². The van der Waals surface area contributed by atoms with Crippen LogP contribution < -0.4 is 15.0 Å². The second-order valence-corrected chi connectivity index (χ2v) is 8.53. The number of carbonyl (C=O) groups excluding carboxylic acids is 2. The first-order chi connectivity index (χ1) is 13.4. The highest BCUT2D eigenvalue weighted by atomic mass is 32.2. The van der Waals surface area contributed by atoms with Gasteiger partial charge in [0.2, 0.25) is 11.8 Å². The molecule has 0 unspecified atom stereocenters. The molecule has 148 valence electrons. The third kappa shape index (κ3) is 3.87. The number of hydrogen-bond donors (Lipinski definition) is 1. The fourth-order valence-corrected chi connectivity index (χ4v) is 4.15. The summed E-state index contributed by atoms with van der Waals surface area (Å²) >= 11 is 1.54. The molecule has 3 rings (SSSR count). The highest BCUT2D eigenvalue weighted by molar-refractivity contribution is 7.99. The average molecular weight is 399 g/mol. The predicted molar refractivity (Wildman–Crippen MR) is 115 cm³/mol. The van der Waals surface area contributed by atoms with Gasteiger partial charge in [0, 0.05) is 11.3 Å². The van der Waals surface area contributed by atoms with Crippen molar-refractivity contribution in [2.75, 3.05) is 16.8 Å². The number of hydrogen-bond acceptors (Lipinski definition) is 4. The highest BCUT2D eigenvalue weighted by Crippen LogP contribution is 2.38. The van der Waals surface area contributed by atoms with Gasteiger partial charge >= 0.3 is 0 Å². The van der Waals surface area contributed by atoms with Crippen LogP contribution in [-0.4, -0.2) is 29.2 Å². The summed E-state index contributed by atoms with van der Waals surface area (Å²) in [5.41, 5.74) is 1.51. The maximum Gasteiger partial charge on any atom is 0.250 e. The molecule has 1 aliphatic heterocycles. The zero-order chi connectivity index (χ0) is 20.3. The van der Waals surface area contributed by atoms with Crippen molar-refractivity contribution in [3.8, 4) is 5.75 Å². The lowest BCUT2D eigenvalue weighted by atomic mass is 9.96. The van der Waals surface area contributed by atoms with Crippen molar-refractivity contribution in [3.63, 3.8) is 0 Å². The summed E-state index contributed by atoms with van der Waals surface area (Å²) in [5.74, 6) is 1.25. The molecular weight excluding hydrogens is 372 g/mol. The van der Waals surface area contributed by atoms with E-state index in [2.05, 4.69) is 5.32 Å². The van der Waals surface area contributed by atoms with Gasteiger partial charge in [-0.2, -0.15) is 0 Å². The van der Waals surface area contributed by atoms with Gasteiger partial charge in [-0.25, -0.2) is 0 Å². The lowest BCUT2D eigenvalue weighted by Gasteiger charge is -2.43. The topological polar surface area (TPSA) is 58.6 Å². The van der Waals surface area contributed by atoms with E-state index in [9.17, 15) is 9.59 Å². The van der Waals surface area contributed by atoms with E-state index in [0.717, 1.165) is 17.0 Å². The van der Waals surface area contributed by atoms with Crippen molar-refractivity contribution in [2.24, 2.45) is 0 Å². The molecule has 1 atom stereocenters. The standard InChI is InChI=1S/C22H26N2O3S/c1-5-27-19-13-9-6-10-16(19)14-28-15(2)20(25)24-18-12-8-7-11-17(18)23-21(26)22(24,3)4/h6-13,15H,5,14H2,1-4H3,(H,23,26)/t15-/m1/s1. The number of anilines is 2. The van der Waals surface area contributed by atoms with Crippen LogP contribution in [0.1, 0.15) is 33.3 Å². The van der Waals surface area contributed by atoms with E-state index in [-0.39, 0.29) is 17.1 Å². The zero-order valence-electron chi connectivity index (χ0n) is 16.7. The van der Waals surface area contributed by atoms with Gasteiger partial charge in [-0.15, -0.1) is 11.8 Å². The zero-order valence-corrected chi connectivity index (χ0v) is 17.5. The van der Waals surface area contributed by atoms with Gasteiger partial charge in [0.05, 0.1) is 23.2 Å². The maximum atomic E-state index is 13.3. The Morgan fingerprint density at radius 2 is 1.86 bits per heavy atom. The quantitative estimate of drug-likeness (QED) is 0.780. The smallest absolute Gasteiger partial charge is 0.250 e. The molecule has 0 fully saturated rings. The molecule has 28 heavy (non-hydrogen) atoms. The van der Waals surface area contributed by atoms with Crippen LogP contribution >= 0.6 is 11.8 Å². The van der Waals surface area contributed by atoms with E-state index in [0.29, 0.717) is 18.0 Å². The first kappa shape index (κ1) is 20.3. The highest BCUT2D eigenvalue weighted by Gasteiger charge is 2.44. The molecule has 0 spiro atoms. The number of thioether (sulfide) groups is 1. The molecule has 0 saturated heterocycles. The van der Waals surface area contributed by atoms with Crippen LogP contribution in [0.3, 0.4) is 0 Å². The van der Waals surface area contributed by atoms with Gasteiger partial charge in [0.25, 0.3) is 0 Å². The van der Waals surface area contributed by atoms with Crippen LogP contribution in [0, 0.1) is 0 Å². The number of rotatable bonds is 6. The summed E-state index contributed by atoms with van der Waals surface area (Å²) in [4.78, 5) is 27.6. The lowest BCUT2D eigenvalue weighted by molar-refractivity contribution is -0.126. The maximum absolute atomic E-state index is 13.3. The fraction of sp³-hybridized carbons (Fsp3) is 0.364. The molecule has 5 nitrogen and oxygen atoms in total. The summed E-state index contributed by atoms with van der Waals surface area (Å²) < 4.78 is 5.68. The number of nitrogens with zero attached hydrogens (tertiary/aromatic N) is 1. The van der Waals surface area contributed by atoms with E-state index in [4.69, 9.17) is 4.74 Å². The number of ether oxygens (including phenoxy) is 1. The molecule has 2 aromatic rings. The van der Waals surface area contributed by atoms with Crippen molar-refractivity contribution in [2.45, 2.75) is 44.2 Å². The number of carbonyl (C=O) groups is 2. The van der Waals surface area contributed by atoms with Crippen LogP contribution in [0.5, 0.6) is 5.75 Å². The van der Waals surface area contributed by atoms with Crippen LogP contribution in [0.25, 0.3) is 0 Å². The third-order valence-corrected chi connectivity index (χ3v) is 6.02. The molecule has 0 aliphatic carbocycles. The van der Waals surface area contributed by atoms with Crippen molar-refractivity contribution in [1.29, 1.82) is 0 Å². The number of benzene rings is 2. The summed E-state index contributed by atoms with van der Waals surface area (Å²) in [6.45, 7) is 8.00. The number of nitrogens with one attached hydrogen (secondary N) is 1. The molecule has 2 amide bonds. The second kappa shape index (κ2) is 8.27. The van der Waals surface area contributed by atoms with E-state index < -0.39 is 5.54 Å². The Labute approximate surface area is 170 Å². The van der Waals surface area contributed by atoms with Crippen LogP contribution in [0.4, 0.5) is 11.4 Å². The Morgan fingerprint density at radius 3 is 2.61 bits per heavy atom. The van der Waals surface area contributed by atoms with Gasteiger partial charge in [-0.05, 0) is 45.9 Å². The molecule has 1 aliphatic rings. The van der Waals surface area contributed by atoms with E-state index in [1.807, 2.05) is 62.4 Å². The van der Waals surface area contributed by atoms with Crippen LogP contribution in [0.15, 0.2) is 48.5 Å². The van der Waals surface area contributed by atoms with E-state index in [1.54, 1.807) is 30.5 Å². The number of fused-ring (bicyclic) bond motifs is 1. The Bertz CT molecular complexity index is 882. The Morgan fingerprint density at radius 1 is 1.18 bits per heavy atom. The van der Waals surface area contributed by atoms with Gasteiger partial charge in [0.1, 0.15) is 11.3 Å². The van der Waals surface area contributed by atoms with Gasteiger partial charge in [0.15, 0.2) is 0 Å². The average Bonchev–Trinajstić information content (AvgIpc) is 2.67. The molecule has 0 saturated carbocycles. The number of para-hydroxylation sites is 3. The van der Waals surface area contributed by atoms with E-state index in [1.165, 1.54) is 0 Å². The minimum absolute atomic E-state index is 0.0776. The van der Waals surface area contributed by atoms with Gasteiger partial charge < -0.3 is 10.1 Å². The van der Waals surface area contributed by atoms with Crippen molar-refractivity contribution in [3.05, 3.63) is 54.1 Å². The minimum atomic E-state index is -0.955. The van der Waals surface area contributed by atoms with Crippen LogP contribution in [-0.2, 0) is 15.3 Å². The van der Waals surface area contributed by atoms with Crippen LogP contribution in [0.2, 0.25) is 0 Å². The SMILES string of the molecule is CCOc1ccccc1CS[C@H](C)C(=O)N1c2ccccc2NC(=O)C1(C)C. The van der Waals surface area contributed by atoms with Crippen molar-refractivity contribution >= 4 is 35.0 Å². The van der Waals surface area contributed by atoms with E-state index >= 15 is 0 Å². The lowest BCUT2D eigenvalue weighted by Crippen LogP contribution is -2.60. The molecular formula is C22H26N2O3S. The Kier molecular flexibility index (Phi) is 5.98. The van der Waals surface area contributed by atoms with Crippen molar-refractivity contribution < 1.29 is 14.3 Å². The monoisotopic (exact) mass is 398 g/mol. The molecule has 1 N–H and O–H groups in total. The summed E-state index contributed by atoms with van der Waals surface area (Å²) in [6, 6.07) is 15.3. The van der Waals surface area contributed by atoms with Gasteiger partial charge in [-0.1, -0.05) is 30.3 Å². The third-order valence-electron chi connectivity index (χ3n) is 4.84.